The number of hydrazone groups is 2. The number of carbonyl (C=O) groups is 1. The largest absolute Gasteiger partial charge is 0.506 e. The number of anilines is 3. The molecule has 122 valence electrons. The van der Waals surface area contributed by atoms with E-state index in [4.69, 9.17) is 5.73 Å². The molecule has 24 heavy (non-hydrogen) atoms. The Labute approximate surface area is 139 Å². The fourth-order valence-electron chi connectivity index (χ4n) is 2.31. The zero-order chi connectivity index (χ0) is 17.3. The molecule has 1 aliphatic heterocycles. The molecule has 1 heterocycles. The average molecular weight is 323 g/mol. The molecule has 1 amide bonds. The number of nitrogen functional groups attached to an aromatic ring is 1. The maximum absolute atomic E-state index is 12.5. The van der Waals surface area contributed by atoms with Crippen molar-refractivity contribution in [2.45, 2.75) is 13.8 Å². The van der Waals surface area contributed by atoms with E-state index in [1.807, 2.05) is 31.2 Å². The van der Waals surface area contributed by atoms with E-state index >= 15 is 0 Å². The minimum absolute atomic E-state index is 0.00601. The van der Waals surface area contributed by atoms with Gasteiger partial charge >= 0.3 is 5.91 Å². The van der Waals surface area contributed by atoms with E-state index in [1.165, 1.54) is 17.1 Å². The average Bonchev–Trinajstić information content (AvgIpc) is 2.83. The highest BCUT2D eigenvalue weighted by Gasteiger charge is 2.30. The quantitative estimate of drug-likeness (QED) is 0.349. The summed E-state index contributed by atoms with van der Waals surface area (Å²) in [7, 11) is 0. The van der Waals surface area contributed by atoms with Gasteiger partial charge in [0, 0.05) is 0 Å². The molecule has 0 aromatic heterocycles. The number of nitrogens with zero attached hydrogens (tertiary/aromatic N) is 3. The molecule has 2 aromatic rings. The number of carbonyl (C=O) groups excluding carboxylic acids is 1. The highest BCUT2D eigenvalue weighted by Crippen LogP contribution is 2.24. The summed E-state index contributed by atoms with van der Waals surface area (Å²) in [5, 5.41) is 19.2. The van der Waals surface area contributed by atoms with Crippen molar-refractivity contribution >= 4 is 34.4 Å². The van der Waals surface area contributed by atoms with Crippen LogP contribution in [-0.2, 0) is 4.79 Å². The normalized spacial score (nSPS) is 15.8. The molecule has 7 heteroatoms. The number of phenolic OH excluding ortho intramolecular Hbond substituents is 1. The predicted octanol–water partition coefficient (Wildman–Crippen LogP) is 2.47. The third-order valence-corrected chi connectivity index (χ3v) is 3.56. The maximum Gasteiger partial charge on any atom is 0.301 e. The summed E-state index contributed by atoms with van der Waals surface area (Å²) in [6, 6.07) is 12.1. The van der Waals surface area contributed by atoms with Crippen LogP contribution in [0.5, 0.6) is 5.75 Å². The summed E-state index contributed by atoms with van der Waals surface area (Å²) in [5.41, 5.74) is 11.7. The van der Waals surface area contributed by atoms with Gasteiger partial charge in [-0.25, -0.2) is 0 Å². The Morgan fingerprint density at radius 2 is 2.00 bits per heavy atom. The van der Waals surface area contributed by atoms with Gasteiger partial charge in [0.2, 0.25) is 0 Å². The van der Waals surface area contributed by atoms with Crippen molar-refractivity contribution in [3.63, 3.8) is 0 Å². The number of nitrogens with one attached hydrogen (secondary N) is 1. The molecule has 0 unspecified atom stereocenters. The topological polar surface area (TPSA) is 103 Å². The lowest BCUT2D eigenvalue weighted by Gasteiger charge is -2.11. The fraction of sp³-hybridized carbons (Fsp3) is 0.118. The van der Waals surface area contributed by atoms with Crippen LogP contribution in [-0.4, -0.2) is 22.4 Å². The first-order valence-corrected chi connectivity index (χ1v) is 7.34. The lowest BCUT2D eigenvalue weighted by atomic mass is 10.2. The lowest BCUT2D eigenvalue weighted by Crippen LogP contribution is -2.28. The zero-order valence-electron chi connectivity index (χ0n) is 13.3. The van der Waals surface area contributed by atoms with Crippen molar-refractivity contribution in [3.8, 4) is 5.75 Å². The number of phenols is 1. The first-order chi connectivity index (χ1) is 11.5. The van der Waals surface area contributed by atoms with E-state index in [0.29, 0.717) is 17.1 Å². The summed E-state index contributed by atoms with van der Waals surface area (Å²) in [6.45, 7) is 3.67. The molecular formula is C17H17N5O2. The van der Waals surface area contributed by atoms with Gasteiger partial charge in [0.05, 0.1) is 22.8 Å². The smallest absolute Gasteiger partial charge is 0.301 e. The number of benzene rings is 2. The van der Waals surface area contributed by atoms with Crippen LogP contribution in [0.15, 0.2) is 52.7 Å². The van der Waals surface area contributed by atoms with Crippen molar-refractivity contribution in [1.29, 1.82) is 0 Å². The monoisotopic (exact) mass is 323 g/mol. The fourth-order valence-corrected chi connectivity index (χ4v) is 2.31. The van der Waals surface area contributed by atoms with E-state index in [1.54, 1.807) is 13.0 Å². The van der Waals surface area contributed by atoms with E-state index in [9.17, 15) is 9.90 Å². The number of aryl methyl sites for hydroxylation is 1. The van der Waals surface area contributed by atoms with Gasteiger partial charge in [-0.2, -0.15) is 15.2 Å². The van der Waals surface area contributed by atoms with E-state index in [2.05, 4.69) is 15.6 Å². The van der Waals surface area contributed by atoms with Gasteiger partial charge in [0.25, 0.3) is 0 Å². The number of hydrogen-bond donors (Lipinski definition) is 3. The van der Waals surface area contributed by atoms with Crippen LogP contribution in [0.25, 0.3) is 0 Å². The Kier molecular flexibility index (Phi) is 3.91. The second-order valence-electron chi connectivity index (χ2n) is 5.49. The molecule has 0 saturated carbocycles. The molecule has 0 fully saturated rings. The highest BCUT2D eigenvalue weighted by molar-refractivity contribution is 6.71. The molecule has 0 bridgehead atoms. The third-order valence-electron chi connectivity index (χ3n) is 3.56. The van der Waals surface area contributed by atoms with E-state index < -0.39 is 0 Å². The number of aromatic hydroxyl groups is 1. The Hall–Kier alpha value is -3.35. The minimum Gasteiger partial charge on any atom is -0.506 e. The SMILES string of the molecule is CC1=NN(c2cccc(C)c2)C(=O)/C1=N\Nc1ccc(O)c(N)c1. The molecule has 0 aliphatic carbocycles. The van der Waals surface area contributed by atoms with E-state index in [0.717, 1.165) is 5.56 Å². The van der Waals surface area contributed by atoms with Crippen LogP contribution >= 0.6 is 0 Å². The van der Waals surface area contributed by atoms with Gasteiger partial charge in [0.15, 0.2) is 5.71 Å². The third kappa shape index (κ3) is 2.91. The molecular weight excluding hydrogens is 306 g/mol. The Morgan fingerprint density at radius 1 is 1.21 bits per heavy atom. The molecule has 7 nitrogen and oxygen atoms in total. The molecule has 0 spiro atoms. The summed E-state index contributed by atoms with van der Waals surface area (Å²) >= 11 is 0. The molecule has 3 rings (SSSR count). The van der Waals surface area contributed by atoms with Crippen molar-refractivity contribution in [2.24, 2.45) is 10.2 Å². The van der Waals surface area contributed by atoms with Crippen molar-refractivity contribution in [2.75, 3.05) is 16.2 Å². The highest BCUT2D eigenvalue weighted by atomic mass is 16.3. The molecule has 0 atom stereocenters. The van der Waals surface area contributed by atoms with Crippen LogP contribution in [0.3, 0.4) is 0 Å². The van der Waals surface area contributed by atoms with Gasteiger partial charge in [-0.3, -0.25) is 10.2 Å². The van der Waals surface area contributed by atoms with Crippen LogP contribution in [0.2, 0.25) is 0 Å². The van der Waals surface area contributed by atoms with Gasteiger partial charge in [-0.1, -0.05) is 12.1 Å². The van der Waals surface area contributed by atoms with Crippen LogP contribution in [0.4, 0.5) is 17.1 Å². The van der Waals surface area contributed by atoms with Gasteiger partial charge in [-0.05, 0) is 49.7 Å². The van der Waals surface area contributed by atoms with Crippen LogP contribution in [0.1, 0.15) is 12.5 Å². The summed E-state index contributed by atoms with van der Waals surface area (Å²) in [5.74, 6) is -0.314. The molecule has 2 aromatic carbocycles. The second kappa shape index (κ2) is 6.04. The van der Waals surface area contributed by atoms with Crippen LogP contribution < -0.4 is 16.2 Å². The summed E-state index contributed by atoms with van der Waals surface area (Å²) in [6.07, 6.45) is 0. The second-order valence-corrected chi connectivity index (χ2v) is 5.49. The van der Waals surface area contributed by atoms with Crippen molar-refractivity contribution in [3.05, 3.63) is 48.0 Å². The van der Waals surface area contributed by atoms with Crippen LogP contribution in [0, 0.1) is 6.92 Å². The minimum atomic E-state index is -0.308. The Morgan fingerprint density at radius 3 is 2.71 bits per heavy atom. The number of nitrogens with two attached hydrogens (primary N) is 1. The molecule has 0 saturated heterocycles. The predicted molar refractivity (Wildman–Crippen MR) is 95.4 cm³/mol. The van der Waals surface area contributed by atoms with Crippen molar-refractivity contribution in [1.82, 2.24) is 0 Å². The standard InChI is InChI=1S/C17H17N5O2/c1-10-4-3-5-13(8-10)22-17(24)16(11(2)21-22)20-19-12-6-7-15(23)14(18)9-12/h3-9,19,23H,18H2,1-2H3/b20-16-. The number of rotatable bonds is 3. The summed E-state index contributed by atoms with van der Waals surface area (Å²) in [4.78, 5) is 12.5. The molecule has 0 radical (unpaired) electrons. The zero-order valence-corrected chi connectivity index (χ0v) is 13.3. The first-order valence-electron chi connectivity index (χ1n) is 7.34. The Balaban J connectivity index is 1.83. The molecule has 4 N–H and O–H groups in total. The first kappa shape index (κ1) is 15.5. The van der Waals surface area contributed by atoms with Crippen molar-refractivity contribution < 1.29 is 9.90 Å². The lowest BCUT2D eigenvalue weighted by molar-refractivity contribution is -0.112. The maximum atomic E-state index is 12.5. The van der Waals surface area contributed by atoms with Gasteiger partial charge < -0.3 is 10.8 Å². The van der Waals surface area contributed by atoms with Gasteiger partial charge in [-0.15, -0.1) is 0 Å². The number of amides is 1. The Bertz CT molecular complexity index is 873. The summed E-state index contributed by atoms with van der Waals surface area (Å²) < 4.78 is 0. The molecule has 1 aliphatic rings. The van der Waals surface area contributed by atoms with E-state index in [-0.39, 0.29) is 23.1 Å². The van der Waals surface area contributed by atoms with Gasteiger partial charge in [0.1, 0.15) is 5.75 Å². The number of hydrogen-bond acceptors (Lipinski definition) is 6.